The van der Waals surface area contributed by atoms with Crippen LogP contribution < -0.4 is 28.1 Å². The zero-order valence-electron chi connectivity index (χ0n) is 31.9. The Morgan fingerprint density at radius 2 is 1.14 bits per heavy atom. The van der Waals surface area contributed by atoms with E-state index >= 15 is 0 Å². The Morgan fingerprint density at radius 1 is 0.640 bits per heavy atom. The summed E-state index contributed by atoms with van der Waals surface area (Å²) in [4.78, 5) is 0. The topological polar surface area (TPSA) is 0 Å². The SMILES string of the molecule is CC(C)C[C](CC(C)C)=[Zr+2]([c]1c2c(cc(C(C)(C)C)c1-c1ccccc1)-c1cc(C(C)(C)C)c(-c3ccccc3)cc1C2)[CH]1C=CC=C1.[Cl-].[Cl-]. The van der Waals surface area contributed by atoms with Gasteiger partial charge in [0.1, 0.15) is 0 Å². The zero-order valence-corrected chi connectivity index (χ0v) is 35.9. The van der Waals surface area contributed by atoms with Crippen LogP contribution in [0.15, 0.2) is 103 Å². The molecule has 4 aromatic carbocycles. The fraction of sp³-hybridized carbons (Fsp3) is 0.383. The van der Waals surface area contributed by atoms with Gasteiger partial charge in [0.25, 0.3) is 0 Å². The third kappa shape index (κ3) is 8.33. The monoisotopic (exact) mass is 780 g/mol. The summed E-state index contributed by atoms with van der Waals surface area (Å²) >= 11 is -2.59. The molecular weight excluding hydrogens is 727 g/mol. The van der Waals surface area contributed by atoms with Crippen molar-refractivity contribution in [2.45, 2.75) is 103 Å². The van der Waals surface area contributed by atoms with E-state index in [1.165, 1.54) is 57.3 Å². The minimum Gasteiger partial charge on any atom is -1.00 e. The van der Waals surface area contributed by atoms with Crippen LogP contribution in [0, 0.1) is 11.8 Å². The molecule has 0 amide bonds. The summed E-state index contributed by atoms with van der Waals surface area (Å²) < 4.78 is 4.24. The van der Waals surface area contributed by atoms with Gasteiger partial charge in [0, 0.05) is 0 Å². The molecule has 262 valence electrons. The van der Waals surface area contributed by atoms with Crippen LogP contribution in [-0.2, 0) is 38.5 Å². The van der Waals surface area contributed by atoms with Gasteiger partial charge in [0.2, 0.25) is 0 Å². The Morgan fingerprint density at radius 3 is 1.64 bits per heavy atom. The van der Waals surface area contributed by atoms with Crippen molar-refractivity contribution < 1.29 is 46.1 Å². The summed E-state index contributed by atoms with van der Waals surface area (Å²) in [5.41, 5.74) is 14.8. The van der Waals surface area contributed by atoms with Gasteiger partial charge in [-0.2, -0.15) is 0 Å². The Hall–Kier alpha value is -2.31. The minimum absolute atomic E-state index is 0. The van der Waals surface area contributed by atoms with Crippen LogP contribution in [0.3, 0.4) is 0 Å². The Labute approximate surface area is 323 Å². The molecule has 0 bridgehead atoms. The smallest absolute Gasteiger partial charge is 1.00 e. The van der Waals surface area contributed by atoms with Crippen LogP contribution in [0.25, 0.3) is 33.4 Å². The predicted molar refractivity (Wildman–Crippen MR) is 209 cm³/mol. The van der Waals surface area contributed by atoms with E-state index in [-0.39, 0.29) is 35.6 Å². The second-order valence-corrected chi connectivity index (χ2v) is 23.8. The van der Waals surface area contributed by atoms with E-state index in [1.54, 1.807) is 14.4 Å². The molecule has 0 nitrogen and oxygen atoms in total. The fourth-order valence-corrected chi connectivity index (χ4v) is 18.3. The molecule has 0 fully saturated rings. The van der Waals surface area contributed by atoms with Gasteiger partial charge in [0.15, 0.2) is 0 Å². The molecule has 0 N–H and O–H groups in total. The molecule has 0 saturated heterocycles. The van der Waals surface area contributed by atoms with Gasteiger partial charge in [-0.1, -0.05) is 0 Å². The second-order valence-electron chi connectivity index (χ2n) is 17.2. The Balaban J connectivity index is 0.00000281. The summed E-state index contributed by atoms with van der Waals surface area (Å²) in [6.45, 7) is 24.2. The normalized spacial score (nSPS) is 13.5. The standard InChI is InChI=1S/C33H33.C9H18.C5H5.2ClH.Zr/c1-32(2,3)30-20-26-24(18-28(30)22-13-9-7-10-14-22)17-25-19-29(23-15-11-8-12-16-23)31(21-27(25)26)33(4,5)6;1-8(2)6-5-7-9(3)4;1-2-4-5-3-1;;;/h7-16,18,20-21H,17H2,1-6H3;8-9H,6-7H2,1-4H3;1-5H;2*1H;/q;;;;;+2/p-2. The Kier molecular flexibility index (Phi) is 13.1. The van der Waals surface area contributed by atoms with Crippen molar-refractivity contribution in [3.63, 3.8) is 0 Å². The van der Waals surface area contributed by atoms with Crippen LogP contribution in [0.2, 0.25) is 3.63 Å². The summed E-state index contributed by atoms with van der Waals surface area (Å²) in [6.07, 6.45) is 13.3. The molecule has 0 heterocycles. The van der Waals surface area contributed by atoms with E-state index in [0.29, 0.717) is 15.5 Å². The molecule has 0 saturated carbocycles. The number of hydrogen-bond acceptors (Lipinski definition) is 0. The first kappa shape index (κ1) is 40.5. The molecule has 0 atom stereocenters. The second kappa shape index (κ2) is 16.2. The minimum atomic E-state index is -2.59. The van der Waals surface area contributed by atoms with Crippen molar-refractivity contribution in [3.05, 3.63) is 125 Å². The third-order valence-electron chi connectivity index (χ3n) is 10.1. The van der Waals surface area contributed by atoms with Crippen molar-refractivity contribution >= 4 is 6.48 Å². The van der Waals surface area contributed by atoms with Crippen LogP contribution in [0.1, 0.15) is 104 Å². The molecule has 2 aliphatic rings. The van der Waals surface area contributed by atoms with Gasteiger partial charge in [-0.15, -0.1) is 0 Å². The maximum absolute atomic E-state index is 2.63. The van der Waals surface area contributed by atoms with Crippen molar-refractivity contribution in [3.8, 4) is 33.4 Å². The van der Waals surface area contributed by atoms with Crippen molar-refractivity contribution in [1.82, 2.24) is 0 Å². The quantitative estimate of drug-likeness (QED) is 0.166. The predicted octanol–water partition coefficient (Wildman–Crippen LogP) is 6.62. The van der Waals surface area contributed by atoms with Gasteiger partial charge in [-0.05, 0) is 0 Å². The molecule has 0 aliphatic heterocycles. The summed E-state index contributed by atoms with van der Waals surface area (Å²) in [5.74, 6) is 1.31. The zero-order chi connectivity index (χ0) is 34.4. The molecule has 2 aliphatic carbocycles. The number of rotatable bonds is 8. The van der Waals surface area contributed by atoms with Crippen LogP contribution in [0.4, 0.5) is 0 Å². The number of fused-ring (bicyclic) bond motifs is 3. The first-order chi connectivity index (χ1) is 22.7. The van der Waals surface area contributed by atoms with Crippen LogP contribution >= 0.6 is 0 Å². The number of halogens is 2. The average molecular weight is 783 g/mol. The summed E-state index contributed by atoms with van der Waals surface area (Å²) in [5, 5.41) is 0. The molecule has 0 spiro atoms. The maximum Gasteiger partial charge on any atom is -1.00 e. The molecule has 6 rings (SSSR count). The molecule has 0 radical (unpaired) electrons. The summed E-state index contributed by atoms with van der Waals surface area (Å²) in [6, 6.07) is 30.3. The molecule has 0 aromatic heterocycles. The first-order valence-electron chi connectivity index (χ1n) is 18.3. The van der Waals surface area contributed by atoms with Gasteiger partial charge in [0.05, 0.1) is 0 Å². The summed E-state index contributed by atoms with van der Waals surface area (Å²) in [7, 11) is 0. The molecule has 0 unspecified atom stereocenters. The fourth-order valence-electron chi connectivity index (χ4n) is 8.14. The van der Waals surface area contributed by atoms with Gasteiger partial charge in [-0.3, -0.25) is 0 Å². The van der Waals surface area contributed by atoms with Gasteiger partial charge < -0.3 is 24.8 Å². The van der Waals surface area contributed by atoms with E-state index < -0.39 is 21.3 Å². The van der Waals surface area contributed by atoms with E-state index in [1.807, 2.05) is 3.21 Å². The molecule has 3 heteroatoms. The van der Waals surface area contributed by atoms with Crippen molar-refractivity contribution in [2.24, 2.45) is 11.8 Å². The Bertz CT molecular complexity index is 1870. The molecule has 50 heavy (non-hydrogen) atoms. The third-order valence-corrected chi connectivity index (χ3v) is 18.3. The van der Waals surface area contributed by atoms with E-state index in [0.717, 1.165) is 6.42 Å². The van der Waals surface area contributed by atoms with E-state index in [2.05, 4.69) is 172 Å². The number of allylic oxidation sites excluding steroid dienone is 4. The number of benzene rings is 4. The van der Waals surface area contributed by atoms with E-state index in [4.69, 9.17) is 0 Å². The first-order valence-corrected chi connectivity index (χ1v) is 22.2. The van der Waals surface area contributed by atoms with Crippen LogP contribution in [0.5, 0.6) is 0 Å². The largest absolute Gasteiger partial charge is 1.00 e. The number of hydrogen-bond donors (Lipinski definition) is 0. The van der Waals surface area contributed by atoms with Gasteiger partial charge in [-0.25, -0.2) is 0 Å². The van der Waals surface area contributed by atoms with Crippen molar-refractivity contribution in [1.29, 1.82) is 0 Å². The molecular formula is C47H56Cl2Zr. The maximum atomic E-state index is 2.63. The van der Waals surface area contributed by atoms with E-state index in [9.17, 15) is 0 Å². The van der Waals surface area contributed by atoms with Crippen molar-refractivity contribution in [2.75, 3.05) is 0 Å². The average Bonchev–Trinajstić information content (AvgIpc) is 3.68. The van der Waals surface area contributed by atoms with Gasteiger partial charge >= 0.3 is 301 Å². The molecule has 4 aromatic rings. The van der Waals surface area contributed by atoms with Crippen LogP contribution in [-0.4, -0.2) is 3.21 Å².